The molecule has 8 heteroatoms. The first-order chi connectivity index (χ1) is 13.0. The van der Waals surface area contributed by atoms with E-state index in [0.717, 1.165) is 29.7 Å². The van der Waals surface area contributed by atoms with E-state index in [1.807, 2.05) is 37.4 Å². The van der Waals surface area contributed by atoms with Gasteiger partial charge in [0.15, 0.2) is 5.16 Å². The molecule has 1 aliphatic rings. The van der Waals surface area contributed by atoms with Crippen LogP contribution in [-0.2, 0) is 29.9 Å². The molecule has 0 bridgehead atoms. The van der Waals surface area contributed by atoms with E-state index in [0.29, 0.717) is 15.7 Å². The van der Waals surface area contributed by atoms with E-state index in [1.54, 1.807) is 23.0 Å². The molecule has 1 aliphatic carbocycles. The molecule has 2 aromatic carbocycles. The zero-order valence-corrected chi connectivity index (χ0v) is 16.6. The lowest BCUT2D eigenvalue weighted by Crippen LogP contribution is -2.15. The topological polar surface area (TPSA) is 76.9 Å². The molecule has 0 fully saturated rings. The summed E-state index contributed by atoms with van der Waals surface area (Å²) in [6.45, 7) is 0. The molecule has 0 radical (unpaired) electrons. The van der Waals surface area contributed by atoms with Crippen LogP contribution in [0.2, 0.25) is 0 Å². The van der Waals surface area contributed by atoms with Crippen molar-refractivity contribution in [3.8, 4) is 0 Å². The maximum atomic E-state index is 13.0. The number of para-hydroxylation sites is 1. The molecule has 0 spiro atoms. The van der Waals surface area contributed by atoms with Crippen LogP contribution in [0.25, 0.3) is 0 Å². The maximum absolute atomic E-state index is 13.0. The fourth-order valence-electron chi connectivity index (χ4n) is 3.18. The van der Waals surface area contributed by atoms with Gasteiger partial charge in [-0.25, -0.2) is 8.42 Å². The van der Waals surface area contributed by atoms with Gasteiger partial charge in [-0.2, -0.15) is 0 Å². The smallest absolute Gasteiger partial charge is 0.261 e. The SMILES string of the molecule is Cn1cnnc1Sc1ccccc1NS(=O)(=O)c1ccc2c(c1)CCCC2. The van der Waals surface area contributed by atoms with Crippen molar-refractivity contribution >= 4 is 27.5 Å². The second kappa shape index (κ2) is 7.36. The molecule has 0 unspecified atom stereocenters. The zero-order chi connectivity index (χ0) is 18.9. The molecule has 0 aliphatic heterocycles. The standard InChI is InChI=1S/C19H20N4O2S2/c1-23-13-20-21-19(23)26-18-9-5-4-8-17(18)22-27(24,25)16-11-10-14-6-2-3-7-15(14)12-16/h4-5,8-13,22H,2-3,6-7H2,1H3. The predicted octanol–water partition coefficient (Wildman–Crippen LogP) is 3.65. The Morgan fingerprint density at radius 3 is 2.63 bits per heavy atom. The summed E-state index contributed by atoms with van der Waals surface area (Å²) in [6, 6.07) is 12.8. The van der Waals surface area contributed by atoms with Gasteiger partial charge in [-0.15, -0.1) is 10.2 Å². The highest BCUT2D eigenvalue weighted by Gasteiger charge is 2.19. The molecule has 3 aromatic rings. The summed E-state index contributed by atoms with van der Waals surface area (Å²) < 4.78 is 30.4. The van der Waals surface area contributed by atoms with Gasteiger partial charge in [0.05, 0.1) is 10.6 Å². The first kappa shape index (κ1) is 18.1. The fourth-order valence-corrected chi connectivity index (χ4v) is 5.23. The summed E-state index contributed by atoms with van der Waals surface area (Å²) in [5.41, 5.74) is 2.94. The van der Waals surface area contributed by atoms with E-state index >= 15 is 0 Å². The van der Waals surface area contributed by atoms with Crippen LogP contribution in [0.15, 0.2) is 63.7 Å². The van der Waals surface area contributed by atoms with Crippen LogP contribution in [-0.4, -0.2) is 23.2 Å². The Kier molecular flexibility index (Phi) is 4.92. The van der Waals surface area contributed by atoms with Crippen LogP contribution in [0.5, 0.6) is 0 Å². The van der Waals surface area contributed by atoms with Crippen molar-refractivity contribution in [3.63, 3.8) is 0 Å². The van der Waals surface area contributed by atoms with E-state index < -0.39 is 10.0 Å². The lowest BCUT2D eigenvalue weighted by molar-refractivity contribution is 0.600. The molecule has 0 atom stereocenters. The first-order valence-electron chi connectivity index (χ1n) is 8.78. The van der Waals surface area contributed by atoms with Crippen molar-refractivity contribution in [2.45, 2.75) is 40.6 Å². The van der Waals surface area contributed by atoms with E-state index in [9.17, 15) is 8.42 Å². The molecule has 1 N–H and O–H groups in total. The van der Waals surface area contributed by atoms with Gasteiger partial charge >= 0.3 is 0 Å². The highest BCUT2D eigenvalue weighted by Crippen LogP contribution is 2.33. The number of nitrogens with zero attached hydrogens (tertiary/aromatic N) is 3. The highest BCUT2D eigenvalue weighted by atomic mass is 32.2. The average Bonchev–Trinajstić information content (AvgIpc) is 3.07. The highest BCUT2D eigenvalue weighted by molar-refractivity contribution is 7.99. The molecule has 1 aromatic heterocycles. The lowest BCUT2D eigenvalue weighted by atomic mass is 9.92. The Bertz CT molecular complexity index is 1080. The van der Waals surface area contributed by atoms with E-state index in [-0.39, 0.29) is 0 Å². The summed E-state index contributed by atoms with van der Waals surface area (Å²) in [5, 5.41) is 8.61. The molecule has 140 valence electrons. The Labute approximate surface area is 163 Å². The van der Waals surface area contributed by atoms with Crippen LogP contribution in [0.4, 0.5) is 5.69 Å². The van der Waals surface area contributed by atoms with Gasteiger partial charge in [0.2, 0.25) is 0 Å². The largest absolute Gasteiger partial charge is 0.311 e. The van der Waals surface area contributed by atoms with Gasteiger partial charge in [0.1, 0.15) is 6.33 Å². The number of rotatable bonds is 5. The van der Waals surface area contributed by atoms with Crippen molar-refractivity contribution < 1.29 is 8.42 Å². The lowest BCUT2D eigenvalue weighted by Gasteiger charge is -2.17. The van der Waals surface area contributed by atoms with Crippen molar-refractivity contribution in [2.24, 2.45) is 7.05 Å². The average molecular weight is 401 g/mol. The summed E-state index contributed by atoms with van der Waals surface area (Å²) in [4.78, 5) is 1.08. The van der Waals surface area contributed by atoms with Gasteiger partial charge in [-0.05, 0) is 72.8 Å². The molecule has 0 saturated carbocycles. The van der Waals surface area contributed by atoms with Gasteiger partial charge < -0.3 is 4.57 Å². The molecule has 0 saturated heterocycles. The van der Waals surface area contributed by atoms with E-state index in [4.69, 9.17) is 0 Å². The minimum absolute atomic E-state index is 0.307. The van der Waals surface area contributed by atoms with E-state index in [1.165, 1.54) is 23.7 Å². The molecule has 6 nitrogen and oxygen atoms in total. The Balaban J connectivity index is 1.63. The summed E-state index contributed by atoms with van der Waals surface area (Å²) in [5.74, 6) is 0. The molecule has 0 amide bonds. The summed E-state index contributed by atoms with van der Waals surface area (Å²) >= 11 is 1.37. The Morgan fingerprint density at radius 1 is 1.07 bits per heavy atom. The number of sulfonamides is 1. The molecular weight excluding hydrogens is 380 g/mol. The third-order valence-electron chi connectivity index (χ3n) is 4.63. The van der Waals surface area contributed by atoms with Gasteiger partial charge in [-0.1, -0.05) is 18.2 Å². The van der Waals surface area contributed by atoms with Gasteiger partial charge in [0.25, 0.3) is 10.0 Å². The number of aryl methyl sites for hydroxylation is 3. The van der Waals surface area contributed by atoms with E-state index in [2.05, 4.69) is 14.9 Å². The summed E-state index contributed by atoms with van der Waals surface area (Å²) in [6.07, 6.45) is 5.87. The molecule has 4 rings (SSSR count). The van der Waals surface area contributed by atoms with Crippen molar-refractivity contribution in [1.82, 2.24) is 14.8 Å². The molecule has 1 heterocycles. The number of anilines is 1. The van der Waals surface area contributed by atoms with Gasteiger partial charge in [0, 0.05) is 11.9 Å². The molecule has 27 heavy (non-hydrogen) atoms. The predicted molar refractivity (Wildman–Crippen MR) is 105 cm³/mol. The maximum Gasteiger partial charge on any atom is 0.261 e. The van der Waals surface area contributed by atoms with Crippen LogP contribution < -0.4 is 4.72 Å². The monoisotopic (exact) mass is 400 g/mol. The van der Waals surface area contributed by atoms with Crippen molar-refractivity contribution in [1.29, 1.82) is 0 Å². The van der Waals surface area contributed by atoms with Gasteiger partial charge in [-0.3, -0.25) is 4.72 Å². The number of hydrogen-bond donors (Lipinski definition) is 1. The number of fused-ring (bicyclic) bond motifs is 1. The van der Waals surface area contributed by atoms with Crippen LogP contribution in [0.3, 0.4) is 0 Å². The second-order valence-electron chi connectivity index (χ2n) is 6.57. The fraction of sp³-hybridized carbons (Fsp3) is 0.263. The Morgan fingerprint density at radius 2 is 1.85 bits per heavy atom. The zero-order valence-electron chi connectivity index (χ0n) is 14.9. The minimum atomic E-state index is -3.66. The third-order valence-corrected chi connectivity index (χ3v) is 7.12. The van der Waals surface area contributed by atoms with Crippen LogP contribution >= 0.6 is 11.8 Å². The quantitative estimate of drug-likeness (QED) is 0.707. The minimum Gasteiger partial charge on any atom is -0.311 e. The first-order valence-corrected chi connectivity index (χ1v) is 11.1. The number of aromatic nitrogens is 3. The van der Waals surface area contributed by atoms with Crippen LogP contribution in [0.1, 0.15) is 24.0 Å². The second-order valence-corrected chi connectivity index (χ2v) is 9.26. The van der Waals surface area contributed by atoms with Crippen molar-refractivity contribution in [2.75, 3.05) is 4.72 Å². The van der Waals surface area contributed by atoms with Crippen LogP contribution in [0, 0.1) is 0 Å². The number of nitrogens with one attached hydrogen (secondary N) is 1. The number of benzene rings is 2. The molecular formula is C19H20N4O2S2. The number of hydrogen-bond acceptors (Lipinski definition) is 5. The van der Waals surface area contributed by atoms with Crippen molar-refractivity contribution in [3.05, 3.63) is 59.9 Å². The third kappa shape index (κ3) is 3.86. The Hall–Kier alpha value is -2.32. The summed E-state index contributed by atoms with van der Waals surface area (Å²) in [7, 11) is -1.82. The normalized spacial score (nSPS) is 14.0.